The molecule has 0 aliphatic carbocycles. The fourth-order valence-corrected chi connectivity index (χ4v) is 3.37. The molecule has 1 aromatic rings. The Balaban J connectivity index is 2.89. The average molecular weight is 281 g/mol. The zero-order valence-electron chi connectivity index (χ0n) is 9.78. The smallest absolute Gasteiger partial charge is 0.309 e. The average Bonchev–Trinajstić information content (AvgIpc) is 2.15. The predicted octanol–water partition coefficient (Wildman–Crippen LogP) is 4.25. The predicted molar refractivity (Wildman–Crippen MR) is 66.0 cm³/mol. The number of hydrogen-bond acceptors (Lipinski definition) is 3. The molecule has 6 heteroatoms. The van der Waals surface area contributed by atoms with Crippen molar-refractivity contribution in [2.75, 3.05) is 13.2 Å². The van der Waals surface area contributed by atoms with Gasteiger partial charge in [0.05, 0.1) is 19.4 Å². The van der Waals surface area contributed by atoms with E-state index >= 15 is 0 Å². The SMILES string of the molecule is CCOP(=O)(Cc1cc(F)cc(Cl)c1)OCC. The largest absolute Gasteiger partial charge is 0.335 e. The normalized spacial score (nSPS) is 11.8. The highest BCUT2D eigenvalue weighted by Crippen LogP contribution is 2.51. The summed E-state index contributed by atoms with van der Waals surface area (Å²) in [5, 5.41) is 0.263. The first kappa shape index (κ1) is 14.7. The molecular formula is C11H15ClFO3P. The van der Waals surface area contributed by atoms with Gasteiger partial charge in [0.2, 0.25) is 0 Å². The van der Waals surface area contributed by atoms with Crippen molar-refractivity contribution in [1.29, 1.82) is 0 Å². The van der Waals surface area contributed by atoms with Crippen LogP contribution in [0.2, 0.25) is 5.02 Å². The minimum absolute atomic E-state index is 0.0200. The quantitative estimate of drug-likeness (QED) is 0.731. The third kappa shape index (κ3) is 4.76. The van der Waals surface area contributed by atoms with Gasteiger partial charge in [0.1, 0.15) is 5.82 Å². The second kappa shape index (κ2) is 6.50. The monoisotopic (exact) mass is 280 g/mol. The summed E-state index contributed by atoms with van der Waals surface area (Å²) in [5.41, 5.74) is 0.500. The van der Waals surface area contributed by atoms with Gasteiger partial charge in [0.15, 0.2) is 0 Å². The summed E-state index contributed by atoms with van der Waals surface area (Å²) in [4.78, 5) is 0. The van der Waals surface area contributed by atoms with E-state index < -0.39 is 13.4 Å². The first-order valence-corrected chi connectivity index (χ1v) is 7.42. The van der Waals surface area contributed by atoms with Crippen molar-refractivity contribution < 1.29 is 18.0 Å². The minimum atomic E-state index is -3.21. The highest BCUT2D eigenvalue weighted by Gasteiger charge is 2.24. The van der Waals surface area contributed by atoms with Gasteiger partial charge in [0, 0.05) is 5.02 Å². The van der Waals surface area contributed by atoms with E-state index in [1.807, 2.05) is 0 Å². The topological polar surface area (TPSA) is 35.5 Å². The maximum absolute atomic E-state index is 13.1. The Kier molecular flexibility index (Phi) is 5.60. The molecule has 1 rings (SSSR count). The molecule has 0 bridgehead atoms. The lowest BCUT2D eigenvalue weighted by Crippen LogP contribution is -1.99. The number of hydrogen-bond donors (Lipinski definition) is 0. The molecule has 0 unspecified atom stereocenters. The van der Waals surface area contributed by atoms with E-state index in [2.05, 4.69) is 0 Å². The summed E-state index contributed by atoms with van der Waals surface area (Å²) in [6.07, 6.45) is 0.0200. The van der Waals surface area contributed by atoms with Gasteiger partial charge in [-0.2, -0.15) is 0 Å². The van der Waals surface area contributed by atoms with Gasteiger partial charge < -0.3 is 9.05 Å². The van der Waals surface area contributed by atoms with Gasteiger partial charge >= 0.3 is 7.60 Å². The van der Waals surface area contributed by atoms with Crippen LogP contribution in [0.3, 0.4) is 0 Å². The number of halogens is 2. The van der Waals surface area contributed by atoms with Gasteiger partial charge in [-0.1, -0.05) is 11.6 Å². The van der Waals surface area contributed by atoms with Gasteiger partial charge in [-0.25, -0.2) is 4.39 Å². The van der Waals surface area contributed by atoms with Crippen molar-refractivity contribution in [1.82, 2.24) is 0 Å². The molecule has 0 saturated carbocycles. The number of benzene rings is 1. The highest BCUT2D eigenvalue weighted by molar-refractivity contribution is 7.53. The van der Waals surface area contributed by atoms with Crippen LogP contribution in [-0.4, -0.2) is 13.2 Å². The van der Waals surface area contributed by atoms with Crippen molar-refractivity contribution in [3.63, 3.8) is 0 Å². The Morgan fingerprint density at radius 2 is 1.82 bits per heavy atom. The van der Waals surface area contributed by atoms with Crippen LogP contribution in [0.25, 0.3) is 0 Å². The molecule has 0 aliphatic rings. The van der Waals surface area contributed by atoms with Crippen LogP contribution in [-0.2, 0) is 19.8 Å². The fourth-order valence-electron chi connectivity index (χ4n) is 1.45. The Labute approximate surface area is 105 Å². The molecule has 1 aromatic carbocycles. The molecule has 0 spiro atoms. The van der Waals surface area contributed by atoms with E-state index in [0.29, 0.717) is 5.56 Å². The Hall–Kier alpha value is -0.410. The highest BCUT2D eigenvalue weighted by atomic mass is 35.5. The first-order chi connectivity index (χ1) is 7.99. The van der Waals surface area contributed by atoms with E-state index in [4.69, 9.17) is 20.6 Å². The molecule has 0 atom stereocenters. The Morgan fingerprint density at radius 3 is 2.29 bits per heavy atom. The maximum Gasteiger partial charge on any atom is 0.335 e. The van der Waals surface area contributed by atoms with E-state index in [9.17, 15) is 8.96 Å². The molecule has 0 amide bonds. The zero-order valence-corrected chi connectivity index (χ0v) is 11.4. The van der Waals surface area contributed by atoms with Crippen LogP contribution >= 0.6 is 19.2 Å². The standard InChI is InChI=1S/C11H15ClFO3P/c1-3-15-17(14,16-4-2)8-9-5-10(12)7-11(13)6-9/h5-7H,3-4,8H2,1-2H3. The summed E-state index contributed by atoms with van der Waals surface area (Å²) in [6, 6.07) is 4.02. The van der Waals surface area contributed by atoms with Crippen LogP contribution in [0.5, 0.6) is 0 Å². The van der Waals surface area contributed by atoms with E-state index in [1.54, 1.807) is 19.9 Å². The van der Waals surface area contributed by atoms with Crippen LogP contribution in [0.4, 0.5) is 4.39 Å². The van der Waals surface area contributed by atoms with E-state index in [0.717, 1.165) is 0 Å². The summed E-state index contributed by atoms with van der Waals surface area (Å²) in [6.45, 7) is 4.01. The molecule has 0 fully saturated rings. The molecule has 0 saturated heterocycles. The molecule has 0 heterocycles. The minimum Gasteiger partial charge on any atom is -0.309 e. The number of rotatable bonds is 6. The van der Waals surface area contributed by atoms with Crippen molar-refractivity contribution in [3.8, 4) is 0 Å². The molecular weight excluding hydrogens is 266 g/mol. The lowest BCUT2D eigenvalue weighted by atomic mass is 10.2. The van der Waals surface area contributed by atoms with Crippen LogP contribution in [0, 0.1) is 5.82 Å². The molecule has 0 N–H and O–H groups in total. The molecule has 3 nitrogen and oxygen atoms in total. The lowest BCUT2D eigenvalue weighted by molar-refractivity contribution is 0.219. The van der Waals surface area contributed by atoms with Crippen molar-refractivity contribution >= 4 is 19.2 Å². The summed E-state index contributed by atoms with van der Waals surface area (Å²) in [7, 11) is -3.21. The second-order valence-electron chi connectivity index (χ2n) is 3.38. The van der Waals surface area contributed by atoms with E-state index in [1.165, 1.54) is 12.1 Å². The van der Waals surface area contributed by atoms with Crippen molar-refractivity contribution in [2.24, 2.45) is 0 Å². The summed E-state index contributed by atoms with van der Waals surface area (Å²) in [5.74, 6) is -0.466. The zero-order chi connectivity index (χ0) is 12.9. The van der Waals surface area contributed by atoms with Crippen molar-refractivity contribution in [3.05, 3.63) is 34.6 Å². The summed E-state index contributed by atoms with van der Waals surface area (Å²) < 4.78 is 35.6. The molecule has 17 heavy (non-hydrogen) atoms. The second-order valence-corrected chi connectivity index (χ2v) is 5.87. The van der Waals surface area contributed by atoms with Gasteiger partial charge in [-0.05, 0) is 37.6 Å². The van der Waals surface area contributed by atoms with Crippen LogP contribution < -0.4 is 0 Å². The van der Waals surface area contributed by atoms with Gasteiger partial charge in [-0.3, -0.25) is 4.57 Å². The third-order valence-electron chi connectivity index (χ3n) is 1.95. The van der Waals surface area contributed by atoms with E-state index in [-0.39, 0.29) is 24.4 Å². The molecule has 96 valence electrons. The molecule has 0 aromatic heterocycles. The lowest BCUT2D eigenvalue weighted by Gasteiger charge is -2.17. The van der Waals surface area contributed by atoms with Crippen molar-refractivity contribution in [2.45, 2.75) is 20.0 Å². The first-order valence-electron chi connectivity index (χ1n) is 5.32. The molecule has 0 aliphatic heterocycles. The molecule has 0 radical (unpaired) electrons. The Morgan fingerprint density at radius 1 is 1.24 bits per heavy atom. The van der Waals surface area contributed by atoms with Gasteiger partial charge in [-0.15, -0.1) is 0 Å². The van der Waals surface area contributed by atoms with Crippen LogP contribution in [0.15, 0.2) is 18.2 Å². The van der Waals surface area contributed by atoms with Crippen LogP contribution in [0.1, 0.15) is 19.4 Å². The maximum atomic E-state index is 13.1. The fraction of sp³-hybridized carbons (Fsp3) is 0.455. The summed E-state index contributed by atoms with van der Waals surface area (Å²) >= 11 is 5.72. The third-order valence-corrected chi connectivity index (χ3v) is 4.22. The van der Waals surface area contributed by atoms with Gasteiger partial charge in [0.25, 0.3) is 0 Å². The Bertz CT molecular complexity index is 395.